The molecule has 1 aromatic carbocycles. The van der Waals surface area contributed by atoms with Crippen LogP contribution < -0.4 is 10.6 Å². The number of nitrogens with one attached hydrogen (secondary N) is 2. The fourth-order valence-corrected chi connectivity index (χ4v) is 1.91. The number of halogens is 2. The van der Waals surface area contributed by atoms with Gasteiger partial charge in [-0.15, -0.1) is 24.8 Å². The molecule has 2 aromatic rings. The third-order valence-corrected chi connectivity index (χ3v) is 2.95. The summed E-state index contributed by atoms with van der Waals surface area (Å²) in [6, 6.07) is 13.2. The first-order chi connectivity index (χ1) is 9.70. The van der Waals surface area contributed by atoms with E-state index in [-0.39, 0.29) is 30.7 Å². The van der Waals surface area contributed by atoms with Gasteiger partial charge in [0.1, 0.15) is 5.69 Å². The third-order valence-electron chi connectivity index (χ3n) is 2.95. The zero-order valence-electron chi connectivity index (χ0n) is 12.6. The van der Waals surface area contributed by atoms with Gasteiger partial charge in [0.2, 0.25) is 0 Å². The first kappa shape index (κ1) is 20.4. The monoisotopic (exact) mass is 341 g/mol. The van der Waals surface area contributed by atoms with E-state index in [0.717, 1.165) is 30.0 Å². The van der Waals surface area contributed by atoms with Gasteiger partial charge in [-0.2, -0.15) is 0 Å². The maximum atomic E-state index is 12.2. The number of amides is 1. The van der Waals surface area contributed by atoms with Gasteiger partial charge in [0.05, 0.1) is 0 Å². The van der Waals surface area contributed by atoms with Gasteiger partial charge < -0.3 is 10.6 Å². The third kappa shape index (κ3) is 5.64. The van der Waals surface area contributed by atoms with E-state index in [1.54, 1.807) is 6.07 Å². The number of carbonyl (C=O) groups excluding carboxylic acids is 1. The molecule has 0 fully saturated rings. The number of aromatic nitrogens is 1. The number of hydrogen-bond acceptors (Lipinski definition) is 3. The number of para-hydroxylation sites is 1. The summed E-state index contributed by atoms with van der Waals surface area (Å²) in [5.41, 5.74) is 3.15. The highest BCUT2D eigenvalue weighted by atomic mass is 35.5. The second kappa shape index (κ2) is 10.2. The fraction of sp³-hybridized carbons (Fsp3) is 0.250. The van der Waals surface area contributed by atoms with Crippen molar-refractivity contribution in [2.75, 3.05) is 11.9 Å². The molecule has 0 aliphatic heterocycles. The van der Waals surface area contributed by atoms with Gasteiger partial charge in [-0.05, 0) is 37.2 Å². The molecule has 4 nitrogen and oxygen atoms in total. The van der Waals surface area contributed by atoms with Gasteiger partial charge in [-0.1, -0.05) is 31.2 Å². The molecule has 0 aliphatic carbocycles. The zero-order valence-corrected chi connectivity index (χ0v) is 14.3. The minimum Gasteiger partial charge on any atom is -0.320 e. The summed E-state index contributed by atoms with van der Waals surface area (Å²) in [5.74, 6) is -0.183. The van der Waals surface area contributed by atoms with Gasteiger partial charge in [-0.25, -0.2) is 4.98 Å². The molecule has 0 aliphatic rings. The van der Waals surface area contributed by atoms with Gasteiger partial charge in [-0.3, -0.25) is 4.79 Å². The molecule has 2 N–H and O–H groups in total. The molecule has 0 atom stereocenters. The number of aryl methyl sites for hydroxylation is 1. The second-order valence-corrected chi connectivity index (χ2v) is 4.56. The number of anilines is 1. The van der Waals surface area contributed by atoms with E-state index in [4.69, 9.17) is 0 Å². The number of nitrogens with zero attached hydrogens (tertiary/aromatic N) is 1. The van der Waals surface area contributed by atoms with Crippen molar-refractivity contribution in [2.24, 2.45) is 0 Å². The lowest BCUT2D eigenvalue weighted by molar-refractivity contribution is 0.102. The molecule has 120 valence electrons. The lowest BCUT2D eigenvalue weighted by atomic mass is 10.1. The Bertz CT molecular complexity index is 605. The largest absolute Gasteiger partial charge is 0.320 e. The van der Waals surface area contributed by atoms with Crippen molar-refractivity contribution >= 4 is 36.4 Å². The summed E-state index contributed by atoms with van der Waals surface area (Å²) in [7, 11) is 0. The van der Waals surface area contributed by atoms with Crippen LogP contribution in [0.2, 0.25) is 0 Å². The van der Waals surface area contributed by atoms with Gasteiger partial charge in [0.15, 0.2) is 0 Å². The summed E-state index contributed by atoms with van der Waals surface area (Å²) < 4.78 is 0. The molecular weight excluding hydrogens is 321 g/mol. The van der Waals surface area contributed by atoms with Crippen molar-refractivity contribution < 1.29 is 4.79 Å². The van der Waals surface area contributed by atoms with E-state index in [1.165, 1.54) is 0 Å². The molecular formula is C16H21Cl2N3O. The van der Waals surface area contributed by atoms with Crippen LogP contribution in [0.15, 0.2) is 42.5 Å². The van der Waals surface area contributed by atoms with E-state index in [0.29, 0.717) is 5.69 Å². The number of rotatable bonds is 5. The summed E-state index contributed by atoms with van der Waals surface area (Å²) >= 11 is 0. The lowest BCUT2D eigenvalue weighted by Gasteiger charge is -2.11. The Morgan fingerprint density at radius 3 is 2.50 bits per heavy atom. The maximum absolute atomic E-state index is 12.2. The molecule has 0 saturated carbocycles. The van der Waals surface area contributed by atoms with Gasteiger partial charge in [0, 0.05) is 17.9 Å². The molecule has 0 saturated heterocycles. The number of hydrogen-bond donors (Lipinski definition) is 2. The number of benzene rings is 1. The molecule has 1 amide bonds. The summed E-state index contributed by atoms with van der Waals surface area (Å²) in [6.45, 7) is 5.55. The number of pyridine rings is 1. The Balaban J connectivity index is 0.00000220. The Hall–Kier alpha value is -1.62. The van der Waals surface area contributed by atoms with E-state index >= 15 is 0 Å². The van der Waals surface area contributed by atoms with Crippen molar-refractivity contribution in [3.8, 4) is 0 Å². The first-order valence-electron chi connectivity index (χ1n) is 6.74. The van der Waals surface area contributed by atoms with Crippen LogP contribution in [-0.4, -0.2) is 17.4 Å². The predicted molar refractivity (Wildman–Crippen MR) is 95.2 cm³/mol. The summed E-state index contributed by atoms with van der Waals surface area (Å²) in [4.78, 5) is 16.4. The van der Waals surface area contributed by atoms with Crippen LogP contribution >= 0.6 is 24.8 Å². The quantitative estimate of drug-likeness (QED) is 0.873. The molecule has 0 unspecified atom stereocenters. The van der Waals surface area contributed by atoms with Crippen LogP contribution in [0.4, 0.5) is 5.69 Å². The average Bonchev–Trinajstić information content (AvgIpc) is 2.46. The standard InChI is InChI=1S/C16H19N3O.2ClH/c1-3-17-11-13-8-4-5-9-14(13)19-16(20)15-10-6-7-12(2)18-15;;/h4-10,17H,3,11H2,1-2H3,(H,19,20);2*1H. The molecule has 0 spiro atoms. The fourth-order valence-electron chi connectivity index (χ4n) is 1.91. The van der Waals surface area contributed by atoms with E-state index in [2.05, 4.69) is 22.5 Å². The predicted octanol–water partition coefficient (Wildman–Crippen LogP) is 3.60. The molecule has 2 rings (SSSR count). The van der Waals surface area contributed by atoms with Crippen LogP contribution in [0, 0.1) is 6.92 Å². The summed E-state index contributed by atoms with van der Waals surface area (Å²) in [6.07, 6.45) is 0. The minimum absolute atomic E-state index is 0. The first-order valence-corrected chi connectivity index (χ1v) is 6.74. The highest BCUT2D eigenvalue weighted by Gasteiger charge is 2.09. The Morgan fingerprint density at radius 2 is 1.82 bits per heavy atom. The Morgan fingerprint density at radius 1 is 1.09 bits per heavy atom. The van der Waals surface area contributed by atoms with Crippen LogP contribution in [0.25, 0.3) is 0 Å². The van der Waals surface area contributed by atoms with Crippen LogP contribution in [-0.2, 0) is 6.54 Å². The van der Waals surface area contributed by atoms with E-state index < -0.39 is 0 Å². The second-order valence-electron chi connectivity index (χ2n) is 4.56. The Labute approximate surface area is 143 Å². The molecule has 1 aromatic heterocycles. The average molecular weight is 342 g/mol. The molecule has 0 bridgehead atoms. The van der Waals surface area contributed by atoms with Gasteiger partial charge in [0.25, 0.3) is 5.91 Å². The molecule has 1 heterocycles. The zero-order chi connectivity index (χ0) is 14.4. The smallest absolute Gasteiger partial charge is 0.274 e. The summed E-state index contributed by atoms with van der Waals surface area (Å²) in [5, 5.41) is 6.18. The molecule has 22 heavy (non-hydrogen) atoms. The van der Waals surface area contributed by atoms with Crippen LogP contribution in [0.1, 0.15) is 28.7 Å². The normalized spacial score (nSPS) is 9.36. The van der Waals surface area contributed by atoms with Crippen molar-refractivity contribution in [3.05, 3.63) is 59.4 Å². The minimum atomic E-state index is -0.183. The number of carbonyl (C=O) groups is 1. The van der Waals surface area contributed by atoms with Crippen molar-refractivity contribution in [3.63, 3.8) is 0 Å². The molecule has 6 heteroatoms. The molecule has 0 radical (unpaired) electrons. The topological polar surface area (TPSA) is 54.0 Å². The van der Waals surface area contributed by atoms with Crippen molar-refractivity contribution in [1.82, 2.24) is 10.3 Å². The Kier molecular flexibility index (Phi) is 9.42. The maximum Gasteiger partial charge on any atom is 0.274 e. The highest BCUT2D eigenvalue weighted by molar-refractivity contribution is 6.03. The van der Waals surface area contributed by atoms with Crippen LogP contribution in [0.3, 0.4) is 0 Å². The SMILES string of the molecule is CCNCc1ccccc1NC(=O)c1cccc(C)n1.Cl.Cl. The van der Waals surface area contributed by atoms with Crippen LogP contribution in [0.5, 0.6) is 0 Å². The van der Waals surface area contributed by atoms with E-state index in [1.807, 2.05) is 43.3 Å². The van der Waals surface area contributed by atoms with Crippen molar-refractivity contribution in [2.45, 2.75) is 20.4 Å². The van der Waals surface area contributed by atoms with Crippen molar-refractivity contribution in [1.29, 1.82) is 0 Å². The lowest BCUT2D eigenvalue weighted by Crippen LogP contribution is -2.18. The highest BCUT2D eigenvalue weighted by Crippen LogP contribution is 2.15. The van der Waals surface area contributed by atoms with Gasteiger partial charge >= 0.3 is 0 Å². The van der Waals surface area contributed by atoms with E-state index in [9.17, 15) is 4.79 Å².